The Labute approximate surface area is 140 Å². The van der Waals surface area contributed by atoms with Gasteiger partial charge in [-0.25, -0.2) is 4.98 Å². The van der Waals surface area contributed by atoms with Crippen LogP contribution in [0.25, 0.3) is 0 Å². The average Bonchev–Trinajstić information content (AvgIpc) is 3.16. The Bertz CT molecular complexity index is 595. The van der Waals surface area contributed by atoms with Gasteiger partial charge >= 0.3 is 0 Å². The molecule has 1 saturated carbocycles. The van der Waals surface area contributed by atoms with Crippen molar-refractivity contribution in [2.45, 2.75) is 51.7 Å². The van der Waals surface area contributed by atoms with Gasteiger partial charge in [0.1, 0.15) is 4.88 Å². The van der Waals surface area contributed by atoms with E-state index in [1.165, 1.54) is 24.2 Å². The number of nitrogens with zero attached hydrogens (tertiary/aromatic N) is 2. The van der Waals surface area contributed by atoms with Gasteiger partial charge in [0.25, 0.3) is 11.8 Å². The predicted molar refractivity (Wildman–Crippen MR) is 87.6 cm³/mol. The summed E-state index contributed by atoms with van der Waals surface area (Å²) in [5, 5.41) is 3.94. The number of hydrogen-bond acceptors (Lipinski definition) is 5. The molecule has 1 aromatic heterocycles. The second-order valence-electron chi connectivity index (χ2n) is 6.25. The van der Waals surface area contributed by atoms with E-state index in [1.54, 1.807) is 4.90 Å². The molecular weight excluding hydrogens is 314 g/mol. The monoisotopic (exact) mass is 337 g/mol. The van der Waals surface area contributed by atoms with Crippen LogP contribution in [0.5, 0.6) is 0 Å². The first-order valence-electron chi connectivity index (χ1n) is 8.20. The van der Waals surface area contributed by atoms with Crippen molar-refractivity contribution >= 4 is 23.2 Å². The number of thiazole rings is 1. The summed E-state index contributed by atoms with van der Waals surface area (Å²) in [6.45, 7) is 4.97. The van der Waals surface area contributed by atoms with Gasteiger partial charge in [-0.1, -0.05) is 12.8 Å². The molecule has 1 N–H and O–H groups in total. The SMILES string of the molecule is Cc1nc(C)c(C(=O)N2CCOC(C(=O)NC3CCCC3)C2)s1. The third-order valence-electron chi connectivity index (χ3n) is 4.45. The molecule has 2 fully saturated rings. The highest BCUT2D eigenvalue weighted by atomic mass is 32.1. The minimum Gasteiger partial charge on any atom is -0.365 e. The summed E-state index contributed by atoms with van der Waals surface area (Å²) in [4.78, 5) is 31.7. The van der Waals surface area contributed by atoms with E-state index in [2.05, 4.69) is 10.3 Å². The normalized spacial score (nSPS) is 22.3. The van der Waals surface area contributed by atoms with Gasteiger partial charge in [0.2, 0.25) is 0 Å². The largest absolute Gasteiger partial charge is 0.365 e. The van der Waals surface area contributed by atoms with Crippen LogP contribution in [0.3, 0.4) is 0 Å². The quantitative estimate of drug-likeness (QED) is 0.910. The van der Waals surface area contributed by atoms with E-state index in [0.29, 0.717) is 24.6 Å². The summed E-state index contributed by atoms with van der Waals surface area (Å²) in [5.41, 5.74) is 0.760. The lowest BCUT2D eigenvalue weighted by Crippen LogP contribution is -2.52. The third kappa shape index (κ3) is 3.72. The van der Waals surface area contributed by atoms with E-state index in [1.807, 2.05) is 13.8 Å². The Kier molecular flexibility index (Phi) is 4.96. The fraction of sp³-hybridized carbons (Fsp3) is 0.688. The molecule has 126 valence electrons. The maximum atomic E-state index is 12.7. The number of morpholine rings is 1. The van der Waals surface area contributed by atoms with Crippen LogP contribution in [0.15, 0.2) is 0 Å². The van der Waals surface area contributed by atoms with E-state index >= 15 is 0 Å². The fourth-order valence-corrected chi connectivity index (χ4v) is 4.12. The highest BCUT2D eigenvalue weighted by Gasteiger charge is 2.32. The number of carbonyl (C=O) groups is 2. The molecule has 2 amide bonds. The predicted octanol–water partition coefficient (Wildman–Crippen LogP) is 1.66. The zero-order valence-corrected chi connectivity index (χ0v) is 14.4. The van der Waals surface area contributed by atoms with E-state index in [-0.39, 0.29) is 17.9 Å². The standard InChI is InChI=1S/C16H23N3O3S/c1-10-14(23-11(2)17-10)16(21)19-7-8-22-13(9-19)15(20)18-12-5-3-4-6-12/h12-13H,3-9H2,1-2H3,(H,18,20). The van der Waals surface area contributed by atoms with Crippen LogP contribution in [0, 0.1) is 13.8 Å². The lowest BCUT2D eigenvalue weighted by atomic mass is 10.2. The molecule has 7 heteroatoms. The molecule has 1 atom stereocenters. The van der Waals surface area contributed by atoms with Gasteiger partial charge < -0.3 is 15.0 Å². The van der Waals surface area contributed by atoms with Crippen LogP contribution >= 0.6 is 11.3 Å². The van der Waals surface area contributed by atoms with Gasteiger partial charge in [0, 0.05) is 12.6 Å². The number of rotatable bonds is 3. The molecule has 0 bridgehead atoms. The molecule has 1 saturated heterocycles. The second-order valence-corrected chi connectivity index (χ2v) is 7.45. The average molecular weight is 337 g/mol. The first-order valence-corrected chi connectivity index (χ1v) is 9.01. The topological polar surface area (TPSA) is 71.5 Å². The molecule has 6 nitrogen and oxygen atoms in total. The molecule has 1 aromatic rings. The zero-order chi connectivity index (χ0) is 16.4. The first kappa shape index (κ1) is 16.4. The Morgan fingerprint density at radius 2 is 2.04 bits per heavy atom. The van der Waals surface area contributed by atoms with Crippen molar-refractivity contribution in [3.8, 4) is 0 Å². The summed E-state index contributed by atoms with van der Waals surface area (Å²) >= 11 is 1.41. The van der Waals surface area contributed by atoms with Crippen molar-refractivity contribution in [3.63, 3.8) is 0 Å². The lowest BCUT2D eigenvalue weighted by molar-refractivity contribution is -0.137. The van der Waals surface area contributed by atoms with Crippen molar-refractivity contribution in [1.29, 1.82) is 0 Å². The van der Waals surface area contributed by atoms with Crippen molar-refractivity contribution in [1.82, 2.24) is 15.2 Å². The molecule has 2 heterocycles. The summed E-state index contributed by atoms with van der Waals surface area (Å²) in [5.74, 6) is -0.137. The number of amides is 2. The minimum absolute atomic E-state index is 0.0462. The zero-order valence-electron chi connectivity index (χ0n) is 13.6. The highest BCUT2D eigenvalue weighted by molar-refractivity contribution is 7.13. The summed E-state index contributed by atoms with van der Waals surface area (Å²) in [6.07, 6.45) is 3.86. The maximum Gasteiger partial charge on any atom is 0.266 e. The molecule has 23 heavy (non-hydrogen) atoms. The summed E-state index contributed by atoms with van der Waals surface area (Å²) in [7, 11) is 0. The number of hydrogen-bond donors (Lipinski definition) is 1. The van der Waals surface area contributed by atoms with Crippen LogP contribution in [0.2, 0.25) is 0 Å². The van der Waals surface area contributed by atoms with Gasteiger partial charge in [0.15, 0.2) is 6.10 Å². The van der Waals surface area contributed by atoms with Crippen LogP contribution < -0.4 is 5.32 Å². The third-order valence-corrected chi connectivity index (χ3v) is 5.51. The van der Waals surface area contributed by atoms with Gasteiger partial charge in [-0.15, -0.1) is 11.3 Å². The number of aromatic nitrogens is 1. The Morgan fingerprint density at radius 1 is 1.30 bits per heavy atom. The maximum absolute atomic E-state index is 12.7. The first-order chi connectivity index (χ1) is 11.0. The van der Waals surface area contributed by atoms with Crippen LogP contribution in [0.4, 0.5) is 0 Å². The van der Waals surface area contributed by atoms with Crippen LogP contribution in [-0.2, 0) is 9.53 Å². The van der Waals surface area contributed by atoms with Gasteiger partial charge in [-0.05, 0) is 26.7 Å². The molecular formula is C16H23N3O3S. The number of carbonyl (C=O) groups excluding carboxylic acids is 2. The Morgan fingerprint density at radius 3 is 2.70 bits per heavy atom. The molecule has 1 aliphatic carbocycles. The van der Waals surface area contributed by atoms with E-state index in [0.717, 1.165) is 23.5 Å². The van der Waals surface area contributed by atoms with E-state index < -0.39 is 6.10 Å². The van der Waals surface area contributed by atoms with Crippen LogP contribution in [0.1, 0.15) is 46.1 Å². The molecule has 0 radical (unpaired) electrons. The van der Waals surface area contributed by atoms with E-state index in [9.17, 15) is 9.59 Å². The second kappa shape index (κ2) is 6.97. The van der Waals surface area contributed by atoms with Gasteiger partial charge in [0.05, 0.1) is 23.9 Å². The minimum atomic E-state index is -0.567. The van der Waals surface area contributed by atoms with Gasteiger partial charge in [-0.2, -0.15) is 0 Å². The highest BCUT2D eigenvalue weighted by Crippen LogP contribution is 2.21. The molecule has 1 unspecified atom stereocenters. The Hall–Kier alpha value is -1.47. The molecule has 0 aromatic carbocycles. The number of ether oxygens (including phenoxy) is 1. The molecule has 0 spiro atoms. The lowest BCUT2D eigenvalue weighted by Gasteiger charge is -2.32. The van der Waals surface area contributed by atoms with Crippen molar-refractivity contribution in [2.75, 3.05) is 19.7 Å². The summed E-state index contributed by atoms with van der Waals surface area (Å²) < 4.78 is 5.58. The number of nitrogens with one attached hydrogen (secondary N) is 1. The van der Waals surface area contributed by atoms with Crippen molar-refractivity contribution in [2.24, 2.45) is 0 Å². The number of aryl methyl sites for hydroxylation is 2. The molecule has 3 rings (SSSR count). The van der Waals surface area contributed by atoms with E-state index in [4.69, 9.17) is 4.74 Å². The van der Waals surface area contributed by atoms with Crippen molar-refractivity contribution < 1.29 is 14.3 Å². The van der Waals surface area contributed by atoms with Crippen LogP contribution in [-0.4, -0.2) is 53.5 Å². The van der Waals surface area contributed by atoms with Crippen molar-refractivity contribution in [3.05, 3.63) is 15.6 Å². The van der Waals surface area contributed by atoms with Gasteiger partial charge in [-0.3, -0.25) is 9.59 Å². The summed E-state index contributed by atoms with van der Waals surface area (Å²) in [6, 6.07) is 0.267. The fourth-order valence-electron chi connectivity index (χ4n) is 3.23. The molecule has 1 aliphatic heterocycles. The smallest absolute Gasteiger partial charge is 0.266 e. The Balaban J connectivity index is 1.62. The molecule has 2 aliphatic rings.